The van der Waals surface area contributed by atoms with Crippen LogP contribution in [-0.2, 0) is 4.79 Å². The average molecular weight is 265 g/mol. The van der Waals surface area contributed by atoms with Crippen molar-refractivity contribution in [1.29, 1.82) is 0 Å². The molecule has 3 heteroatoms. The molecule has 0 radical (unpaired) electrons. The van der Waals surface area contributed by atoms with Crippen molar-refractivity contribution in [3.8, 4) is 0 Å². The molecule has 0 saturated carbocycles. The highest BCUT2D eigenvalue weighted by Crippen LogP contribution is 2.34. The molecule has 0 aliphatic carbocycles. The van der Waals surface area contributed by atoms with Crippen molar-refractivity contribution in [2.45, 2.75) is 25.3 Å². The van der Waals surface area contributed by atoms with Crippen LogP contribution in [0.2, 0.25) is 0 Å². The van der Waals surface area contributed by atoms with Crippen molar-refractivity contribution in [1.82, 2.24) is 4.90 Å². The Balaban J connectivity index is 2.10. The summed E-state index contributed by atoms with van der Waals surface area (Å²) in [6.45, 7) is 1.02. The lowest BCUT2D eigenvalue weighted by molar-refractivity contribution is -0.127. The van der Waals surface area contributed by atoms with Gasteiger partial charge in [-0.1, -0.05) is 22.6 Å². The molecule has 2 rings (SSSR count). The maximum Gasteiger partial charge on any atom is 0.222 e. The number of amides is 1. The first-order valence-electron chi connectivity index (χ1n) is 4.18. The van der Waals surface area contributed by atoms with E-state index in [1.165, 1.54) is 10.8 Å². The van der Waals surface area contributed by atoms with Gasteiger partial charge in [0, 0.05) is 23.4 Å². The molecular formula is C8H12INO. The van der Waals surface area contributed by atoms with Gasteiger partial charge in [0.15, 0.2) is 0 Å². The predicted molar refractivity (Wildman–Crippen MR) is 51.7 cm³/mol. The number of hydrogen-bond donors (Lipinski definition) is 0. The van der Waals surface area contributed by atoms with Crippen molar-refractivity contribution in [2.75, 3.05) is 11.0 Å². The Labute approximate surface area is 80.5 Å². The largest absolute Gasteiger partial charge is 0.339 e. The van der Waals surface area contributed by atoms with Gasteiger partial charge in [0.05, 0.1) is 0 Å². The van der Waals surface area contributed by atoms with Crippen molar-refractivity contribution >= 4 is 28.5 Å². The molecule has 2 unspecified atom stereocenters. The summed E-state index contributed by atoms with van der Waals surface area (Å²) in [6, 6.07) is 0.611. The lowest BCUT2D eigenvalue weighted by Gasteiger charge is -2.18. The molecule has 0 aromatic carbocycles. The number of carbonyl (C=O) groups excluding carboxylic acids is 1. The molecular weight excluding hydrogens is 253 g/mol. The zero-order valence-electron chi connectivity index (χ0n) is 6.42. The summed E-state index contributed by atoms with van der Waals surface area (Å²) in [6.07, 6.45) is 3.16. The second-order valence-electron chi connectivity index (χ2n) is 3.40. The van der Waals surface area contributed by atoms with E-state index >= 15 is 0 Å². The number of fused-ring (bicyclic) bond motifs is 1. The average Bonchev–Trinajstić information content (AvgIpc) is 2.53. The van der Waals surface area contributed by atoms with Crippen LogP contribution in [0.4, 0.5) is 0 Å². The first-order valence-corrected chi connectivity index (χ1v) is 5.71. The zero-order valence-corrected chi connectivity index (χ0v) is 8.58. The Morgan fingerprint density at radius 1 is 1.55 bits per heavy atom. The molecule has 62 valence electrons. The molecule has 2 aliphatic heterocycles. The van der Waals surface area contributed by atoms with Gasteiger partial charge in [-0.3, -0.25) is 4.79 Å². The molecule has 0 N–H and O–H groups in total. The first-order chi connectivity index (χ1) is 5.33. The van der Waals surface area contributed by atoms with E-state index in [0.717, 1.165) is 25.3 Å². The number of rotatable bonds is 1. The highest BCUT2D eigenvalue weighted by molar-refractivity contribution is 14.1. The minimum atomic E-state index is 0.391. The summed E-state index contributed by atoms with van der Waals surface area (Å²) in [5, 5.41) is 0. The van der Waals surface area contributed by atoms with Gasteiger partial charge in [-0.2, -0.15) is 0 Å². The number of nitrogens with zero attached hydrogens (tertiary/aromatic N) is 1. The SMILES string of the molecule is O=C1CCC2C(CI)CCN12. The Bertz CT molecular complexity index is 183. The number of alkyl halides is 1. The van der Waals surface area contributed by atoms with E-state index in [1.54, 1.807) is 0 Å². The van der Waals surface area contributed by atoms with E-state index in [0.29, 0.717) is 11.9 Å². The molecule has 0 bridgehead atoms. The number of halogens is 1. The Kier molecular flexibility index (Phi) is 2.08. The molecule has 1 amide bonds. The summed E-state index contributed by atoms with van der Waals surface area (Å²) in [5.74, 6) is 1.18. The quantitative estimate of drug-likeness (QED) is 0.519. The minimum Gasteiger partial charge on any atom is -0.339 e. The fourth-order valence-corrected chi connectivity index (χ4v) is 3.24. The highest BCUT2D eigenvalue weighted by Gasteiger charge is 2.40. The van der Waals surface area contributed by atoms with Crippen molar-refractivity contribution in [2.24, 2.45) is 5.92 Å². The Morgan fingerprint density at radius 3 is 3.09 bits per heavy atom. The Morgan fingerprint density at radius 2 is 2.36 bits per heavy atom. The van der Waals surface area contributed by atoms with E-state index in [4.69, 9.17) is 0 Å². The lowest BCUT2D eigenvalue weighted by atomic mass is 10.0. The van der Waals surface area contributed by atoms with Crippen LogP contribution >= 0.6 is 22.6 Å². The molecule has 2 aliphatic rings. The second kappa shape index (κ2) is 2.92. The van der Waals surface area contributed by atoms with Crippen LogP contribution in [0.3, 0.4) is 0 Å². The molecule has 0 spiro atoms. The molecule has 0 aromatic rings. The smallest absolute Gasteiger partial charge is 0.222 e. The van der Waals surface area contributed by atoms with Gasteiger partial charge in [0.25, 0.3) is 0 Å². The van der Waals surface area contributed by atoms with E-state index in [-0.39, 0.29) is 0 Å². The first kappa shape index (κ1) is 7.83. The number of carbonyl (C=O) groups is 1. The topological polar surface area (TPSA) is 20.3 Å². The van der Waals surface area contributed by atoms with Crippen LogP contribution in [0.15, 0.2) is 0 Å². The van der Waals surface area contributed by atoms with Crippen molar-refractivity contribution < 1.29 is 4.79 Å². The fourth-order valence-electron chi connectivity index (χ4n) is 2.21. The third kappa shape index (κ3) is 1.17. The van der Waals surface area contributed by atoms with Gasteiger partial charge in [0.1, 0.15) is 0 Å². The maximum atomic E-state index is 11.2. The molecule has 2 atom stereocenters. The van der Waals surface area contributed by atoms with Gasteiger partial charge in [-0.25, -0.2) is 0 Å². The van der Waals surface area contributed by atoms with Crippen LogP contribution in [0.5, 0.6) is 0 Å². The molecule has 0 aromatic heterocycles. The second-order valence-corrected chi connectivity index (χ2v) is 4.28. The van der Waals surface area contributed by atoms with Crippen molar-refractivity contribution in [3.05, 3.63) is 0 Å². The van der Waals surface area contributed by atoms with E-state index in [9.17, 15) is 4.79 Å². The zero-order chi connectivity index (χ0) is 7.84. The standard InChI is InChI=1S/C8H12INO/c9-5-6-3-4-10-7(6)1-2-8(10)11/h6-7H,1-5H2. The fraction of sp³-hybridized carbons (Fsp3) is 0.875. The normalized spacial score (nSPS) is 36.5. The van der Waals surface area contributed by atoms with Crippen LogP contribution in [0, 0.1) is 5.92 Å². The highest BCUT2D eigenvalue weighted by atomic mass is 127. The van der Waals surface area contributed by atoms with Gasteiger partial charge >= 0.3 is 0 Å². The van der Waals surface area contributed by atoms with E-state index in [1.807, 2.05) is 0 Å². The minimum absolute atomic E-state index is 0.391. The molecule has 2 saturated heterocycles. The summed E-state index contributed by atoms with van der Waals surface area (Å²) in [4.78, 5) is 13.3. The lowest BCUT2D eigenvalue weighted by Crippen LogP contribution is -2.29. The summed E-state index contributed by atoms with van der Waals surface area (Å²) in [7, 11) is 0. The van der Waals surface area contributed by atoms with E-state index < -0.39 is 0 Å². The monoisotopic (exact) mass is 265 g/mol. The van der Waals surface area contributed by atoms with E-state index in [2.05, 4.69) is 27.5 Å². The molecule has 2 nitrogen and oxygen atoms in total. The third-order valence-electron chi connectivity index (χ3n) is 2.86. The summed E-state index contributed by atoms with van der Waals surface area (Å²) >= 11 is 2.43. The van der Waals surface area contributed by atoms with Gasteiger partial charge in [-0.05, 0) is 18.8 Å². The molecule has 2 heterocycles. The number of hydrogen-bond acceptors (Lipinski definition) is 1. The van der Waals surface area contributed by atoms with Crippen LogP contribution in [0.1, 0.15) is 19.3 Å². The third-order valence-corrected chi connectivity index (χ3v) is 3.99. The molecule has 11 heavy (non-hydrogen) atoms. The van der Waals surface area contributed by atoms with Crippen molar-refractivity contribution in [3.63, 3.8) is 0 Å². The summed E-state index contributed by atoms with van der Waals surface area (Å²) < 4.78 is 1.21. The van der Waals surface area contributed by atoms with Crippen LogP contribution in [0.25, 0.3) is 0 Å². The maximum absolute atomic E-state index is 11.2. The molecule has 2 fully saturated rings. The van der Waals surface area contributed by atoms with Crippen LogP contribution < -0.4 is 0 Å². The Hall–Kier alpha value is 0.200. The predicted octanol–water partition coefficient (Wildman–Crippen LogP) is 1.43. The van der Waals surface area contributed by atoms with Crippen LogP contribution in [-0.4, -0.2) is 27.8 Å². The summed E-state index contributed by atoms with van der Waals surface area (Å²) in [5.41, 5.74) is 0. The van der Waals surface area contributed by atoms with Gasteiger partial charge < -0.3 is 4.90 Å². The van der Waals surface area contributed by atoms with Gasteiger partial charge in [-0.15, -0.1) is 0 Å². The van der Waals surface area contributed by atoms with Gasteiger partial charge in [0.2, 0.25) is 5.91 Å².